The van der Waals surface area contributed by atoms with Crippen molar-refractivity contribution in [1.29, 1.82) is 0 Å². The number of carbonyl (C=O) groups excluding carboxylic acids is 1. The largest absolute Gasteiger partial charge is 0.309 e. The van der Waals surface area contributed by atoms with Crippen LogP contribution in [0.4, 0.5) is 5.82 Å². The third-order valence-corrected chi connectivity index (χ3v) is 4.18. The van der Waals surface area contributed by atoms with E-state index in [0.29, 0.717) is 28.8 Å². The number of halogens is 2. The van der Waals surface area contributed by atoms with E-state index in [1.165, 1.54) is 0 Å². The van der Waals surface area contributed by atoms with Crippen LogP contribution >= 0.6 is 23.2 Å². The maximum atomic E-state index is 12.0. The molecule has 2 aromatic carbocycles. The zero-order valence-electron chi connectivity index (χ0n) is 12.7. The van der Waals surface area contributed by atoms with Crippen LogP contribution in [0.5, 0.6) is 0 Å². The van der Waals surface area contributed by atoms with Crippen LogP contribution in [0.2, 0.25) is 10.0 Å². The highest BCUT2D eigenvalue weighted by Gasteiger charge is 2.07. The standard InChI is InChI=1S/C18H15Cl2N3O/c19-15-7-6-14(10-16(15)20)12-23-9-8-17(22-23)21-18(24)11-13-4-2-1-3-5-13/h1-10H,11-12H2,(H,21,22,24). The molecule has 1 aromatic heterocycles. The van der Waals surface area contributed by atoms with E-state index in [4.69, 9.17) is 23.2 Å². The molecule has 0 bridgehead atoms. The molecule has 3 rings (SSSR count). The maximum absolute atomic E-state index is 12.0. The van der Waals surface area contributed by atoms with E-state index in [2.05, 4.69) is 10.4 Å². The summed E-state index contributed by atoms with van der Waals surface area (Å²) in [4.78, 5) is 12.0. The van der Waals surface area contributed by atoms with Crippen molar-refractivity contribution in [2.24, 2.45) is 0 Å². The summed E-state index contributed by atoms with van der Waals surface area (Å²) in [6.07, 6.45) is 2.13. The number of nitrogens with zero attached hydrogens (tertiary/aromatic N) is 2. The molecule has 0 fully saturated rings. The average molecular weight is 360 g/mol. The number of hydrogen-bond donors (Lipinski definition) is 1. The molecule has 1 heterocycles. The molecule has 1 amide bonds. The molecule has 4 nitrogen and oxygen atoms in total. The van der Waals surface area contributed by atoms with Crippen LogP contribution in [0.1, 0.15) is 11.1 Å². The lowest BCUT2D eigenvalue weighted by Crippen LogP contribution is -2.15. The van der Waals surface area contributed by atoms with Gasteiger partial charge >= 0.3 is 0 Å². The predicted molar refractivity (Wildman–Crippen MR) is 96.6 cm³/mol. The fourth-order valence-corrected chi connectivity index (χ4v) is 2.63. The molecular formula is C18H15Cl2N3O. The first-order valence-electron chi connectivity index (χ1n) is 7.41. The number of nitrogens with one attached hydrogen (secondary N) is 1. The quantitative estimate of drug-likeness (QED) is 0.732. The predicted octanol–water partition coefficient (Wildman–Crippen LogP) is 4.42. The zero-order valence-corrected chi connectivity index (χ0v) is 14.3. The molecule has 6 heteroatoms. The third-order valence-electron chi connectivity index (χ3n) is 3.44. The first kappa shape index (κ1) is 16.6. The molecule has 3 aromatic rings. The van der Waals surface area contributed by atoms with E-state index < -0.39 is 0 Å². The lowest BCUT2D eigenvalue weighted by Gasteiger charge is -2.04. The van der Waals surface area contributed by atoms with Crippen molar-refractivity contribution in [3.63, 3.8) is 0 Å². The van der Waals surface area contributed by atoms with Gasteiger partial charge in [0.2, 0.25) is 5.91 Å². The normalized spacial score (nSPS) is 10.6. The van der Waals surface area contributed by atoms with Gasteiger partial charge < -0.3 is 5.32 Å². The van der Waals surface area contributed by atoms with Crippen LogP contribution in [0.25, 0.3) is 0 Å². The van der Waals surface area contributed by atoms with Crippen LogP contribution in [0.15, 0.2) is 60.8 Å². The number of amides is 1. The van der Waals surface area contributed by atoms with Gasteiger partial charge in [0.1, 0.15) is 0 Å². The second-order valence-corrected chi connectivity index (χ2v) is 6.17. The van der Waals surface area contributed by atoms with Gasteiger partial charge in [-0.05, 0) is 23.3 Å². The Balaban J connectivity index is 1.60. The van der Waals surface area contributed by atoms with E-state index in [1.54, 1.807) is 29.1 Å². The number of anilines is 1. The molecular weight excluding hydrogens is 345 g/mol. The highest BCUT2D eigenvalue weighted by molar-refractivity contribution is 6.42. The Morgan fingerprint density at radius 2 is 1.79 bits per heavy atom. The van der Waals surface area contributed by atoms with Gasteiger partial charge in [-0.3, -0.25) is 9.48 Å². The molecule has 0 spiro atoms. The summed E-state index contributed by atoms with van der Waals surface area (Å²) in [5, 5.41) is 8.18. The fourth-order valence-electron chi connectivity index (χ4n) is 2.31. The Morgan fingerprint density at radius 3 is 2.54 bits per heavy atom. The minimum Gasteiger partial charge on any atom is -0.309 e. The summed E-state index contributed by atoms with van der Waals surface area (Å²) in [5.74, 6) is 0.428. The Hall–Kier alpha value is -2.30. The fraction of sp³-hybridized carbons (Fsp3) is 0.111. The topological polar surface area (TPSA) is 46.9 Å². The molecule has 1 N–H and O–H groups in total. The first-order valence-corrected chi connectivity index (χ1v) is 8.17. The van der Waals surface area contributed by atoms with Gasteiger partial charge in [0.15, 0.2) is 5.82 Å². The van der Waals surface area contributed by atoms with E-state index >= 15 is 0 Å². The molecule has 0 aliphatic carbocycles. The van der Waals surface area contributed by atoms with Crippen molar-refractivity contribution in [1.82, 2.24) is 9.78 Å². The molecule has 0 aliphatic heterocycles. The third kappa shape index (κ3) is 4.37. The molecule has 0 unspecified atom stereocenters. The number of rotatable bonds is 5. The monoisotopic (exact) mass is 359 g/mol. The SMILES string of the molecule is O=C(Cc1ccccc1)Nc1ccn(Cc2ccc(Cl)c(Cl)c2)n1. The second-order valence-electron chi connectivity index (χ2n) is 5.36. The van der Waals surface area contributed by atoms with Gasteiger partial charge in [-0.1, -0.05) is 59.6 Å². The summed E-state index contributed by atoms with van der Waals surface area (Å²) in [5.41, 5.74) is 1.94. The van der Waals surface area contributed by atoms with Crippen molar-refractivity contribution < 1.29 is 4.79 Å². The minimum absolute atomic E-state index is 0.0963. The zero-order chi connectivity index (χ0) is 16.9. The first-order chi connectivity index (χ1) is 11.6. The summed E-state index contributed by atoms with van der Waals surface area (Å²) in [7, 11) is 0. The van der Waals surface area contributed by atoms with E-state index in [-0.39, 0.29) is 5.91 Å². The van der Waals surface area contributed by atoms with Crippen LogP contribution in [0.3, 0.4) is 0 Å². The maximum Gasteiger partial charge on any atom is 0.229 e. The number of carbonyl (C=O) groups is 1. The van der Waals surface area contributed by atoms with Crippen molar-refractivity contribution in [2.75, 3.05) is 5.32 Å². The molecule has 0 radical (unpaired) electrons. The number of benzene rings is 2. The Bertz CT molecular complexity index is 846. The van der Waals surface area contributed by atoms with Crippen molar-refractivity contribution in [3.05, 3.63) is 82.0 Å². The van der Waals surface area contributed by atoms with Crippen LogP contribution in [0, 0.1) is 0 Å². The summed E-state index contributed by atoms with van der Waals surface area (Å²) < 4.78 is 1.73. The minimum atomic E-state index is -0.0963. The molecule has 0 saturated heterocycles. The molecule has 0 saturated carbocycles. The number of aromatic nitrogens is 2. The molecule has 122 valence electrons. The van der Waals surface area contributed by atoms with Gasteiger partial charge in [-0.15, -0.1) is 0 Å². The average Bonchev–Trinajstić information content (AvgIpc) is 2.98. The van der Waals surface area contributed by atoms with E-state index in [9.17, 15) is 4.79 Å². The van der Waals surface area contributed by atoms with Gasteiger partial charge in [-0.2, -0.15) is 5.10 Å². The van der Waals surface area contributed by atoms with Gasteiger partial charge in [0.25, 0.3) is 0 Å². The molecule has 24 heavy (non-hydrogen) atoms. The molecule has 0 aliphatic rings. The van der Waals surface area contributed by atoms with Gasteiger partial charge in [-0.25, -0.2) is 0 Å². The second kappa shape index (κ2) is 7.51. The smallest absolute Gasteiger partial charge is 0.229 e. The summed E-state index contributed by atoms with van der Waals surface area (Å²) in [6.45, 7) is 0.547. The van der Waals surface area contributed by atoms with Gasteiger partial charge in [0, 0.05) is 12.3 Å². The van der Waals surface area contributed by atoms with Crippen LogP contribution in [-0.4, -0.2) is 15.7 Å². The van der Waals surface area contributed by atoms with E-state index in [0.717, 1.165) is 11.1 Å². The van der Waals surface area contributed by atoms with Crippen LogP contribution in [-0.2, 0) is 17.8 Å². The highest BCUT2D eigenvalue weighted by atomic mass is 35.5. The Morgan fingerprint density at radius 1 is 1.00 bits per heavy atom. The molecule has 0 atom stereocenters. The van der Waals surface area contributed by atoms with Crippen molar-refractivity contribution in [3.8, 4) is 0 Å². The summed E-state index contributed by atoms with van der Waals surface area (Å²) >= 11 is 11.9. The van der Waals surface area contributed by atoms with Crippen molar-refractivity contribution >= 4 is 34.9 Å². The van der Waals surface area contributed by atoms with Crippen molar-refractivity contribution in [2.45, 2.75) is 13.0 Å². The number of hydrogen-bond acceptors (Lipinski definition) is 2. The van der Waals surface area contributed by atoms with Crippen LogP contribution < -0.4 is 5.32 Å². The van der Waals surface area contributed by atoms with E-state index in [1.807, 2.05) is 36.4 Å². The Kier molecular flexibility index (Phi) is 5.18. The lowest BCUT2D eigenvalue weighted by atomic mass is 10.1. The Labute approximate surface area is 150 Å². The highest BCUT2D eigenvalue weighted by Crippen LogP contribution is 2.23. The summed E-state index contributed by atoms with van der Waals surface area (Å²) in [6, 6.07) is 16.8. The van der Waals surface area contributed by atoms with Gasteiger partial charge in [0.05, 0.1) is 23.0 Å². The lowest BCUT2D eigenvalue weighted by molar-refractivity contribution is -0.115.